The van der Waals surface area contributed by atoms with E-state index >= 15 is 0 Å². The first kappa shape index (κ1) is 11.9. The molecule has 0 radical (unpaired) electrons. The van der Waals surface area contributed by atoms with E-state index in [2.05, 4.69) is 4.84 Å². The molecule has 0 amide bonds. The lowest BCUT2D eigenvalue weighted by molar-refractivity contribution is -0.134. The highest BCUT2D eigenvalue weighted by molar-refractivity contribution is 6.13. The molecule has 0 spiro atoms. The molecular formula is C9H12ClNO2. The fourth-order valence-corrected chi connectivity index (χ4v) is 0.827. The molecule has 0 saturated carbocycles. The van der Waals surface area contributed by atoms with Gasteiger partial charge in [0.05, 0.1) is 0 Å². The first-order valence-electron chi connectivity index (χ1n) is 3.73. The van der Waals surface area contributed by atoms with Crippen molar-refractivity contribution in [3.8, 4) is 0 Å². The third kappa shape index (κ3) is 8.85. The van der Waals surface area contributed by atoms with Crippen molar-refractivity contribution in [2.75, 3.05) is 0 Å². The van der Waals surface area contributed by atoms with Crippen LogP contribution in [0.5, 0.6) is 0 Å². The van der Waals surface area contributed by atoms with Gasteiger partial charge < -0.3 is 5.11 Å². The van der Waals surface area contributed by atoms with Gasteiger partial charge in [-0.3, -0.25) is 4.79 Å². The van der Waals surface area contributed by atoms with Gasteiger partial charge in [-0.15, -0.1) is 0 Å². The topological polar surface area (TPSA) is 49.3 Å². The van der Waals surface area contributed by atoms with Crippen LogP contribution in [0.1, 0.15) is 12.5 Å². The number of hydrogen-bond donors (Lipinski definition) is 2. The van der Waals surface area contributed by atoms with Crippen LogP contribution in [0.2, 0.25) is 0 Å². The normalized spacial score (nSPS) is 8.46. The van der Waals surface area contributed by atoms with Crippen molar-refractivity contribution in [1.82, 2.24) is 4.84 Å². The molecule has 3 nitrogen and oxygen atoms in total. The van der Waals surface area contributed by atoms with E-state index in [4.69, 9.17) is 21.7 Å². The minimum Gasteiger partial charge on any atom is -0.481 e. The molecule has 0 aliphatic carbocycles. The number of halogens is 1. The van der Waals surface area contributed by atoms with Gasteiger partial charge in [-0.2, -0.15) is 0 Å². The molecule has 1 aromatic rings. The summed E-state index contributed by atoms with van der Waals surface area (Å²) >= 11 is 5.29. The summed E-state index contributed by atoms with van der Waals surface area (Å²) in [6, 6.07) is 10.0. The number of rotatable bonds is 2. The van der Waals surface area contributed by atoms with E-state index < -0.39 is 5.97 Å². The number of nitrogens with one attached hydrogen (secondary N) is 1. The highest BCUT2D eigenvalue weighted by atomic mass is 35.5. The summed E-state index contributed by atoms with van der Waals surface area (Å²) in [5, 5.41) is 7.42. The number of carbonyl (C=O) groups is 1. The zero-order valence-electron chi connectivity index (χ0n) is 7.33. The van der Waals surface area contributed by atoms with E-state index in [0.29, 0.717) is 0 Å². The maximum absolute atomic E-state index is 9.00. The number of carboxylic acids is 1. The molecule has 0 fully saturated rings. The second kappa shape index (κ2) is 7.58. The van der Waals surface area contributed by atoms with Gasteiger partial charge in [0.15, 0.2) is 0 Å². The van der Waals surface area contributed by atoms with Crippen LogP contribution < -0.4 is 4.84 Å². The lowest BCUT2D eigenvalue weighted by Crippen LogP contribution is -1.96. The fraction of sp³-hybridized carbons (Fsp3) is 0.222. The molecule has 0 saturated heterocycles. The zero-order chi connectivity index (χ0) is 10.1. The SMILES string of the molecule is CC(=O)O.ClNCc1ccccc1. The van der Waals surface area contributed by atoms with Crippen molar-refractivity contribution >= 4 is 17.7 Å². The van der Waals surface area contributed by atoms with Crippen molar-refractivity contribution in [2.24, 2.45) is 0 Å². The molecule has 1 rings (SSSR count). The smallest absolute Gasteiger partial charge is 0.300 e. The van der Waals surface area contributed by atoms with Crippen molar-refractivity contribution in [1.29, 1.82) is 0 Å². The Morgan fingerprint density at radius 2 is 1.92 bits per heavy atom. The number of benzene rings is 1. The number of hydrogen-bond acceptors (Lipinski definition) is 2. The van der Waals surface area contributed by atoms with E-state index in [1.165, 1.54) is 5.56 Å². The largest absolute Gasteiger partial charge is 0.481 e. The van der Waals surface area contributed by atoms with Crippen molar-refractivity contribution in [3.63, 3.8) is 0 Å². The van der Waals surface area contributed by atoms with Gasteiger partial charge in [-0.05, 0) is 17.3 Å². The Kier molecular flexibility index (Phi) is 6.96. The van der Waals surface area contributed by atoms with Gasteiger partial charge in [-0.25, -0.2) is 4.84 Å². The van der Waals surface area contributed by atoms with E-state index in [1.54, 1.807) is 0 Å². The van der Waals surface area contributed by atoms with Crippen LogP contribution in [-0.4, -0.2) is 11.1 Å². The zero-order valence-corrected chi connectivity index (χ0v) is 8.08. The van der Waals surface area contributed by atoms with Gasteiger partial charge >= 0.3 is 0 Å². The quantitative estimate of drug-likeness (QED) is 0.720. The Morgan fingerprint density at radius 3 is 2.31 bits per heavy atom. The molecule has 72 valence electrons. The molecule has 1 aromatic carbocycles. The van der Waals surface area contributed by atoms with Crippen molar-refractivity contribution < 1.29 is 9.90 Å². The molecule has 0 aliphatic rings. The van der Waals surface area contributed by atoms with Gasteiger partial charge in [0, 0.05) is 13.5 Å². The lowest BCUT2D eigenvalue weighted by Gasteiger charge is -1.94. The van der Waals surface area contributed by atoms with Crippen LogP contribution >= 0.6 is 11.8 Å². The summed E-state index contributed by atoms with van der Waals surface area (Å²) in [5.74, 6) is -0.833. The minimum atomic E-state index is -0.833. The average Bonchev–Trinajstić information content (AvgIpc) is 2.06. The van der Waals surface area contributed by atoms with E-state index in [9.17, 15) is 0 Å². The van der Waals surface area contributed by atoms with Crippen LogP contribution in [0, 0.1) is 0 Å². The predicted octanol–water partition coefficient (Wildman–Crippen LogP) is 2.02. The number of carboxylic acid groups (broad SMARTS) is 1. The first-order chi connectivity index (χ1) is 6.16. The summed E-state index contributed by atoms with van der Waals surface area (Å²) in [5.41, 5.74) is 1.20. The number of aliphatic carboxylic acids is 1. The Labute approximate surface area is 82.5 Å². The third-order valence-corrected chi connectivity index (χ3v) is 1.25. The summed E-state index contributed by atoms with van der Waals surface area (Å²) in [7, 11) is 0. The second-order valence-electron chi connectivity index (χ2n) is 2.32. The minimum absolute atomic E-state index is 0.725. The summed E-state index contributed by atoms with van der Waals surface area (Å²) in [6.07, 6.45) is 0. The Balaban J connectivity index is 0.000000310. The molecule has 0 heterocycles. The monoisotopic (exact) mass is 201 g/mol. The molecule has 0 bridgehead atoms. The Hall–Kier alpha value is -1.06. The van der Waals surface area contributed by atoms with Gasteiger partial charge in [0.1, 0.15) is 0 Å². The molecular weight excluding hydrogens is 190 g/mol. The van der Waals surface area contributed by atoms with Crippen molar-refractivity contribution in [2.45, 2.75) is 13.5 Å². The van der Waals surface area contributed by atoms with Crippen LogP contribution in [0.25, 0.3) is 0 Å². The van der Waals surface area contributed by atoms with Gasteiger partial charge in [-0.1, -0.05) is 30.3 Å². The fourth-order valence-electron chi connectivity index (χ4n) is 0.673. The van der Waals surface area contributed by atoms with Crippen molar-refractivity contribution in [3.05, 3.63) is 35.9 Å². The molecule has 4 heteroatoms. The highest BCUT2D eigenvalue weighted by Crippen LogP contribution is 1.96. The average molecular weight is 202 g/mol. The summed E-state index contributed by atoms with van der Waals surface area (Å²) in [6.45, 7) is 1.81. The second-order valence-corrected chi connectivity index (χ2v) is 2.58. The maximum atomic E-state index is 9.00. The predicted molar refractivity (Wildman–Crippen MR) is 52.4 cm³/mol. The summed E-state index contributed by atoms with van der Waals surface area (Å²) < 4.78 is 0. The lowest BCUT2D eigenvalue weighted by atomic mass is 10.2. The van der Waals surface area contributed by atoms with Gasteiger partial charge in [0.2, 0.25) is 0 Å². The molecule has 13 heavy (non-hydrogen) atoms. The highest BCUT2D eigenvalue weighted by Gasteiger charge is 1.84. The van der Waals surface area contributed by atoms with Gasteiger partial charge in [0.25, 0.3) is 5.97 Å². The summed E-state index contributed by atoms with van der Waals surface area (Å²) in [4.78, 5) is 11.6. The molecule has 0 atom stereocenters. The van der Waals surface area contributed by atoms with Crippen LogP contribution in [0.15, 0.2) is 30.3 Å². The van der Waals surface area contributed by atoms with E-state index in [-0.39, 0.29) is 0 Å². The van der Waals surface area contributed by atoms with Crippen LogP contribution in [-0.2, 0) is 11.3 Å². The molecule has 2 N–H and O–H groups in total. The maximum Gasteiger partial charge on any atom is 0.300 e. The standard InChI is InChI=1S/C7H8ClN.C2H4O2/c8-9-6-7-4-2-1-3-5-7;1-2(3)4/h1-5,9H,6H2;1H3,(H,3,4). The molecule has 0 aromatic heterocycles. The van der Waals surface area contributed by atoms with Crippen LogP contribution in [0.4, 0.5) is 0 Å². The Bertz CT molecular complexity index is 235. The third-order valence-electron chi connectivity index (χ3n) is 1.11. The molecule has 0 aliphatic heterocycles. The van der Waals surface area contributed by atoms with E-state index in [0.717, 1.165) is 13.5 Å². The van der Waals surface area contributed by atoms with Crippen LogP contribution in [0.3, 0.4) is 0 Å². The Morgan fingerprint density at radius 1 is 1.46 bits per heavy atom. The first-order valence-corrected chi connectivity index (χ1v) is 4.11. The molecule has 0 unspecified atom stereocenters. The van der Waals surface area contributed by atoms with E-state index in [1.807, 2.05) is 30.3 Å².